The molecular formula is C21H32N2O4. The third kappa shape index (κ3) is 7.21. The van der Waals surface area contributed by atoms with E-state index in [2.05, 4.69) is 0 Å². The molecule has 27 heavy (non-hydrogen) atoms. The van der Waals surface area contributed by atoms with Crippen LogP contribution in [0.3, 0.4) is 0 Å². The number of unbranched alkanes of at least 4 members (excludes halogenated alkanes) is 5. The van der Waals surface area contributed by atoms with Crippen LogP contribution in [0.5, 0.6) is 5.75 Å². The van der Waals surface area contributed by atoms with Crippen LogP contribution in [0.25, 0.3) is 0 Å². The molecule has 1 aromatic rings. The highest BCUT2D eigenvalue weighted by Crippen LogP contribution is 2.24. The van der Waals surface area contributed by atoms with Crippen molar-refractivity contribution in [2.24, 2.45) is 5.73 Å². The molecule has 6 heteroatoms. The highest BCUT2D eigenvalue weighted by Gasteiger charge is 2.23. The third-order valence-electron chi connectivity index (χ3n) is 4.94. The SMILES string of the molecule is NCCCCCCCCOc1ccc2c(c1)C(=O)N(CCC(=O)O)CCC2. The quantitative estimate of drug-likeness (QED) is 0.546. The lowest BCUT2D eigenvalue weighted by Crippen LogP contribution is -2.33. The van der Waals surface area contributed by atoms with Gasteiger partial charge in [-0.2, -0.15) is 0 Å². The Labute approximate surface area is 161 Å². The van der Waals surface area contributed by atoms with Crippen molar-refractivity contribution in [3.05, 3.63) is 29.3 Å². The Balaban J connectivity index is 1.84. The van der Waals surface area contributed by atoms with Gasteiger partial charge in [-0.05, 0) is 49.9 Å². The molecule has 0 radical (unpaired) electrons. The summed E-state index contributed by atoms with van der Waals surface area (Å²) in [5.41, 5.74) is 7.16. The number of nitrogens with zero attached hydrogens (tertiary/aromatic N) is 1. The van der Waals surface area contributed by atoms with E-state index in [4.69, 9.17) is 15.6 Å². The molecule has 0 aliphatic carbocycles. The minimum Gasteiger partial charge on any atom is -0.494 e. The summed E-state index contributed by atoms with van der Waals surface area (Å²) in [7, 11) is 0. The fourth-order valence-electron chi connectivity index (χ4n) is 3.38. The van der Waals surface area contributed by atoms with Crippen LogP contribution in [0.4, 0.5) is 0 Å². The van der Waals surface area contributed by atoms with E-state index in [1.807, 2.05) is 18.2 Å². The molecule has 0 saturated carbocycles. The first-order chi connectivity index (χ1) is 13.1. The topological polar surface area (TPSA) is 92.9 Å². The van der Waals surface area contributed by atoms with Crippen molar-refractivity contribution < 1.29 is 19.4 Å². The van der Waals surface area contributed by atoms with E-state index < -0.39 is 5.97 Å². The Morgan fingerprint density at radius 1 is 1.15 bits per heavy atom. The smallest absolute Gasteiger partial charge is 0.305 e. The standard InChI is InChI=1S/C21H32N2O4/c22-12-5-3-1-2-4-6-15-27-18-10-9-17-8-7-13-23(14-11-20(24)25)21(26)19(17)16-18/h9-10,16H,1-8,11-15,22H2,(H,24,25). The Hall–Kier alpha value is -2.08. The van der Waals surface area contributed by atoms with Gasteiger partial charge in [0.2, 0.25) is 0 Å². The van der Waals surface area contributed by atoms with Crippen LogP contribution < -0.4 is 10.5 Å². The van der Waals surface area contributed by atoms with Crippen molar-refractivity contribution in [2.45, 2.75) is 57.8 Å². The second-order valence-corrected chi connectivity index (χ2v) is 7.12. The fourth-order valence-corrected chi connectivity index (χ4v) is 3.38. The molecule has 0 spiro atoms. The second-order valence-electron chi connectivity index (χ2n) is 7.12. The van der Waals surface area contributed by atoms with Gasteiger partial charge in [-0.1, -0.05) is 31.7 Å². The molecule has 150 valence electrons. The summed E-state index contributed by atoms with van der Waals surface area (Å²) >= 11 is 0. The van der Waals surface area contributed by atoms with Gasteiger partial charge in [-0.15, -0.1) is 0 Å². The number of amides is 1. The summed E-state index contributed by atoms with van der Waals surface area (Å²) in [5, 5.41) is 8.88. The molecule has 1 amide bonds. The summed E-state index contributed by atoms with van der Waals surface area (Å²) in [6.45, 7) is 2.27. The predicted molar refractivity (Wildman–Crippen MR) is 105 cm³/mol. The van der Waals surface area contributed by atoms with Crippen molar-refractivity contribution in [3.63, 3.8) is 0 Å². The van der Waals surface area contributed by atoms with Crippen molar-refractivity contribution in [2.75, 3.05) is 26.2 Å². The molecule has 0 atom stereocenters. The molecule has 0 bridgehead atoms. The van der Waals surface area contributed by atoms with Gasteiger partial charge in [0, 0.05) is 18.7 Å². The molecule has 2 rings (SSSR count). The van der Waals surface area contributed by atoms with Crippen LogP contribution >= 0.6 is 0 Å². The summed E-state index contributed by atoms with van der Waals surface area (Å²) in [6.07, 6.45) is 8.50. The van der Waals surface area contributed by atoms with Crippen LogP contribution in [0.1, 0.15) is 67.3 Å². The number of rotatable bonds is 12. The minimum absolute atomic E-state index is 0.0253. The Morgan fingerprint density at radius 3 is 2.63 bits per heavy atom. The number of benzene rings is 1. The van der Waals surface area contributed by atoms with E-state index in [1.165, 1.54) is 19.3 Å². The molecule has 3 N–H and O–H groups in total. The van der Waals surface area contributed by atoms with Gasteiger partial charge in [-0.25, -0.2) is 0 Å². The van der Waals surface area contributed by atoms with Crippen LogP contribution in [0, 0.1) is 0 Å². The number of carboxylic acids is 1. The Kier molecular flexibility index (Phi) is 9.11. The normalized spacial score (nSPS) is 14.0. The average Bonchev–Trinajstić information content (AvgIpc) is 2.81. The van der Waals surface area contributed by atoms with E-state index in [0.717, 1.165) is 44.2 Å². The zero-order chi connectivity index (χ0) is 19.5. The van der Waals surface area contributed by atoms with Crippen molar-refractivity contribution in [3.8, 4) is 5.75 Å². The molecule has 1 aromatic carbocycles. The van der Waals surface area contributed by atoms with Gasteiger partial charge >= 0.3 is 5.97 Å². The maximum atomic E-state index is 12.8. The summed E-state index contributed by atoms with van der Waals surface area (Å²) in [5.74, 6) is -0.258. The number of aliphatic carboxylic acids is 1. The maximum Gasteiger partial charge on any atom is 0.305 e. The van der Waals surface area contributed by atoms with Gasteiger partial charge in [-0.3, -0.25) is 9.59 Å². The lowest BCUT2D eigenvalue weighted by atomic mass is 10.0. The number of ether oxygens (including phenoxy) is 1. The molecule has 0 fully saturated rings. The van der Waals surface area contributed by atoms with Gasteiger partial charge in [0.25, 0.3) is 5.91 Å². The highest BCUT2D eigenvalue weighted by atomic mass is 16.5. The monoisotopic (exact) mass is 376 g/mol. The molecule has 1 heterocycles. The number of carbonyl (C=O) groups excluding carboxylic acids is 1. The average molecular weight is 376 g/mol. The first-order valence-corrected chi connectivity index (χ1v) is 10.1. The summed E-state index contributed by atoms with van der Waals surface area (Å²) in [4.78, 5) is 25.2. The van der Waals surface area contributed by atoms with Crippen molar-refractivity contribution in [1.82, 2.24) is 4.90 Å². The maximum absolute atomic E-state index is 12.8. The van der Waals surface area contributed by atoms with E-state index in [1.54, 1.807) is 4.90 Å². The molecule has 0 unspecified atom stereocenters. The highest BCUT2D eigenvalue weighted by molar-refractivity contribution is 5.96. The van der Waals surface area contributed by atoms with E-state index in [-0.39, 0.29) is 18.9 Å². The molecule has 0 saturated heterocycles. The molecule has 6 nitrogen and oxygen atoms in total. The van der Waals surface area contributed by atoms with Crippen LogP contribution in [-0.2, 0) is 11.2 Å². The van der Waals surface area contributed by atoms with Gasteiger partial charge in [0.05, 0.1) is 13.0 Å². The first-order valence-electron chi connectivity index (χ1n) is 10.1. The number of nitrogens with two attached hydrogens (primary N) is 1. The fraction of sp³-hybridized carbons (Fsp3) is 0.619. The molecular weight excluding hydrogens is 344 g/mol. The zero-order valence-corrected chi connectivity index (χ0v) is 16.1. The number of hydrogen-bond donors (Lipinski definition) is 2. The van der Waals surface area contributed by atoms with Gasteiger partial charge in [0.15, 0.2) is 0 Å². The number of aryl methyl sites for hydroxylation is 1. The summed E-state index contributed by atoms with van der Waals surface area (Å²) in [6, 6.07) is 5.72. The Morgan fingerprint density at radius 2 is 1.89 bits per heavy atom. The van der Waals surface area contributed by atoms with E-state index in [0.29, 0.717) is 24.5 Å². The van der Waals surface area contributed by atoms with Gasteiger partial charge in [0.1, 0.15) is 5.75 Å². The van der Waals surface area contributed by atoms with Crippen LogP contribution in [-0.4, -0.2) is 48.1 Å². The number of fused-ring (bicyclic) bond motifs is 1. The van der Waals surface area contributed by atoms with Crippen molar-refractivity contribution >= 4 is 11.9 Å². The third-order valence-corrected chi connectivity index (χ3v) is 4.94. The molecule has 0 aromatic heterocycles. The minimum atomic E-state index is -0.882. The lowest BCUT2D eigenvalue weighted by molar-refractivity contribution is -0.137. The van der Waals surface area contributed by atoms with Crippen LogP contribution in [0.15, 0.2) is 18.2 Å². The number of carboxylic acid groups (broad SMARTS) is 1. The predicted octanol–water partition coefficient (Wildman–Crippen LogP) is 3.23. The van der Waals surface area contributed by atoms with Gasteiger partial charge < -0.3 is 20.5 Å². The first kappa shape index (κ1) is 21.2. The number of hydrogen-bond acceptors (Lipinski definition) is 4. The Bertz CT molecular complexity index is 618. The molecule has 1 aliphatic rings. The number of carbonyl (C=O) groups is 2. The molecule has 1 aliphatic heterocycles. The van der Waals surface area contributed by atoms with E-state index in [9.17, 15) is 9.59 Å². The van der Waals surface area contributed by atoms with E-state index >= 15 is 0 Å². The zero-order valence-electron chi connectivity index (χ0n) is 16.1. The second kappa shape index (κ2) is 11.6. The van der Waals surface area contributed by atoms with Crippen molar-refractivity contribution in [1.29, 1.82) is 0 Å². The largest absolute Gasteiger partial charge is 0.494 e. The van der Waals surface area contributed by atoms with Crippen LogP contribution in [0.2, 0.25) is 0 Å². The summed E-state index contributed by atoms with van der Waals surface area (Å²) < 4.78 is 5.84. The lowest BCUT2D eigenvalue weighted by Gasteiger charge is -2.20.